The first-order valence-electron chi connectivity index (χ1n) is 8.13. The van der Waals surface area contributed by atoms with Gasteiger partial charge in [-0.2, -0.15) is 0 Å². The molecule has 1 aliphatic heterocycles. The fraction of sp³-hybridized carbons (Fsp3) is 0.471. The summed E-state index contributed by atoms with van der Waals surface area (Å²) in [7, 11) is 0. The molecule has 2 N–H and O–H groups in total. The first kappa shape index (κ1) is 18.1. The van der Waals surface area contributed by atoms with Gasteiger partial charge in [-0.3, -0.25) is 14.4 Å². The molecule has 3 rings (SSSR count). The molecule has 0 bridgehead atoms. The zero-order valence-electron chi connectivity index (χ0n) is 13.5. The van der Waals surface area contributed by atoms with Crippen LogP contribution in [0.5, 0.6) is 0 Å². The number of benzene rings is 1. The normalized spacial score (nSPS) is 25.8. The molecule has 0 aromatic heterocycles. The van der Waals surface area contributed by atoms with E-state index >= 15 is 0 Å². The van der Waals surface area contributed by atoms with Crippen molar-refractivity contribution in [3.05, 3.63) is 34.9 Å². The van der Waals surface area contributed by atoms with E-state index in [1.807, 2.05) is 0 Å². The maximum atomic E-state index is 12.7. The Kier molecular flexibility index (Phi) is 5.54. The molecule has 2 amide bonds. The smallest absolute Gasteiger partial charge is 0.306 e. The van der Waals surface area contributed by atoms with E-state index in [0.29, 0.717) is 41.5 Å². The standard InChI is InChI=1S/C17H19ClN2O4S/c18-12-4-1-10(2-5-12)16(22)20-9-25-8-14(20)15(21)19-13-6-3-11(7-13)17(23)24/h1-2,4-5,11,13-14H,3,6-9H2,(H,19,21)(H,23,24)/t11-,13+,14?/m0/s1. The number of carboxylic acid groups (broad SMARTS) is 1. The van der Waals surface area contributed by atoms with Crippen LogP contribution in [-0.2, 0) is 9.59 Å². The maximum absolute atomic E-state index is 12.7. The average molecular weight is 383 g/mol. The first-order valence-corrected chi connectivity index (χ1v) is 9.66. The van der Waals surface area contributed by atoms with Gasteiger partial charge < -0.3 is 15.3 Å². The highest BCUT2D eigenvalue weighted by molar-refractivity contribution is 7.99. The molecule has 2 aliphatic rings. The SMILES string of the molecule is O=C(N[C@@H]1CC[C@H](C(=O)O)C1)C1CSCN1C(=O)c1ccc(Cl)cc1. The highest BCUT2D eigenvalue weighted by Gasteiger charge is 2.37. The lowest BCUT2D eigenvalue weighted by Gasteiger charge is -2.24. The largest absolute Gasteiger partial charge is 0.481 e. The zero-order valence-corrected chi connectivity index (χ0v) is 15.1. The van der Waals surface area contributed by atoms with Gasteiger partial charge in [0.25, 0.3) is 5.91 Å². The van der Waals surface area contributed by atoms with E-state index in [0.717, 1.165) is 0 Å². The Morgan fingerprint density at radius 3 is 2.56 bits per heavy atom. The molecule has 8 heteroatoms. The van der Waals surface area contributed by atoms with Crippen molar-refractivity contribution >= 4 is 41.1 Å². The Labute approximate surface area is 154 Å². The molecule has 0 spiro atoms. The molecular weight excluding hydrogens is 364 g/mol. The lowest BCUT2D eigenvalue weighted by Crippen LogP contribution is -2.49. The summed E-state index contributed by atoms with van der Waals surface area (Å²) in [5, 5.41) is 12.5. The number of amides is 2. The molecule has 1 saturated heterocycles. The van der Waals surface area contributed by atoms with Crippen LogP contribution in [0.4, 0.5) is 0 Å². The van der Waals surface area contributed by atoms with Crippen LogP contribution in [-0.4, -0.2) is 51.5 Å². The van der Waals surface area contributed by atoms with Gasteiger partial charge >= 0.3 is 5.97 Å². The number of halogens is 1. The molecule has 1 aliphatic carbocycles. The number of carboxylic acids is 1. The van der Waals surface area contributed by atoms with Gasteiger partial charge in [0.05, 0.1) is 11.8 Å². The number of nitrogens with zero attached hydrogens (tertiary/aromatic N) is 1. The molecule has 1 aromatic carbocycles. The Morgan fingerprint density at radius 1 is 1.20 bits per heavy atom. The Balaban J connectivity index is 1.63. The number of thioether (sulfide) groups is 1. The summed E-state index contributed by atoms with van der Waals surface area (Å²) < 4.78 is 0. The van der Waals surface area contributed by atoms with Crippen molar-refractivity contribution in [2.75, 3.05) is 11.6 Å². The molecule has 25 heavy (non-hydrogen) atoms. The van der Waals surface area contributed by atoms with Gasteiger partial charge in [0.15, 0.2) is 0 Å². The predicted octanol–water partition coefficient (Wildman–Crippen LogP) is 2.22. The Bertz CT molecular complexity index is 682. The van der Waals surface area contributed by atoms with E-state index < -0.39 is 17.9 Å². The van der Waals surface area contributed by atoms with Crippen molar-refractivity contribution in [1.82, 2.24) is 10.2 Å². The van der Waals surface area contributed by atoms with Crippen LogP contribution in [0.1, 0.15) is 29.6 Å². The summed E-state index contributed by atoms with van der Waals surface area (Å²) in [5.74, 6) is -0.606. The van der Waals surface area contributed by atoms with Crippen molar-refractivity contribution in [1.29, 1.82) is 0 Å². The molecule has 1 saturated carbocycles. The number of nitrogens with one attached hydrogen (secondary N) is 1. The van der Waals surface area contributed by atoms with E-state index in [1.165, 1.54) is 11.8 Å². The van der Waals surface area contributed by atoms with Gasteiger partial charge in [0.1, 0.15) is 6.04 Å². The molecule has 2 fully saturated rings. The van der Waals surface area contributed by atoms with Crippen molar-refractivity contribution in [3.8, 4) is 0 Å². The molecule has 3 atom stereocenters. The molecule has 6 nitrogen and oxygen atoms in total. The summed E-state index contributed by atoms with van der Waals surface area (Å²) >= 11 is 7.38. The van der Waals surface area contributed by atoms with Crippen LogP contribution >= 0.6 is 23.4 Å². The quantitative estimate of drug-likeness (QED) is 0.833. The minimum absolute atomic E-state index is 0.133. The summed E-state index contributed by atoms with van der Waals surface area (Å²) in [6.45, 7) is 0. The third kappa shape index (κ3) is 4.10. The van der Waals surface area contributed by atoms with Gasteiger partial charge in [-0.15, -0.1) is 11.8 Å². The third-order valence-corrected chi connectivity index (χ3v) is 5.93. The predicted molar refractivity (Wildman–Crippen MR) is 95.6 cm³/mol. The summed E-state index contributed by atoms with van der Waals surface area (Å²) in [4.78, 5) is 37.9. The number of rotatable bonds is 4. The van der Waals surface area contributed by atoms with Crippen molar-refractivity contribution in [3.63, 3.8) is 0 Å². The van der Waals surface area contributed by atoms with E-state index in [1.54, 1.807) is 29.2 Å². The highest BCUT2D eigenvalue weighted by Crippen LogP contribution is 2.28. The fourth-order valence-corrected chi connectivity index (χ4v) is 4.53. The highest BCUT2D eigenvalue weighted by atomic mass is 35.5. The zero-order chi connectivity index (χ0) is 18.0. The molecular formula is C17H19ClN2O4S. The van der Waals surface area contributed by atoms with Gasteiger partial charge in [-0.05, 0) is 43.5 Å². The average Bonchev–Trinajstić information content (AvgIpc) is 3.24. The molecule has 0 radical (unpaired) electrons. The van der Waals surface area contributed by atoms with E-state index in [4.69, 9.17) is 16.7 Å². The molecule has 1 aromatic rings. The first-order chi connectivity index (χ1) is 12.0. The van der Waals surface area contributed by atoms with Gasteiger partial charge in [-0.25, -0.2) is 0 Å². The number of aliphatic carboxylic acids is 1. The van der Waals surface area contributed by atoms with Crippen molar-refractivity contribution < 1.29 is 19.5 Å². The Hall–Kier alpha value is -1.73. The Morgan fingerprint density at radius 2 is 1.92 bits per heavy atom. The van der Waals surface area contributed by atoms with Crippen LogP contribution in [0.15, 0.2) is 24.3 Å². The van der Waals surface area contributed by atoms with Crippen molar-refractivity contribution in [2.24, 2.45) is 5.92 Å². The monoisotopic (exact) mass is 382 g/mol. The minimum atomic E-state index is -0.812. The number of hydrogen-bond donors (Lipinski definition) is 2. The molecule has 1 unspecified atom stereocenters. The summed E-state index contributed by atoms with van der Waals surface area (Å²) in [6.07, 6.45) is 1.69. The van der Waals surface area contributed by atoms with Crippen molar-refractivity contribution in [2.45, 2.75) is 31.3 Å². The van der Waals surface area contributed by atoms with Gasteiger partial charge in [-0.1, -0.05) is 11.6 Å². The minimum Gasteiger partial charge on any atom is -0.481 e. The van der Waals surface area contributed by atoms with Crippen LogP contribution in [0, 0.1) is 5.92 Å². The second-order valence-electron chi connectivity index (χ2n) is 6.35. The lowest BCUT2D eigenvalue weighted by atomic mass is 10.1. The molecule has 1 heterocycles. The lowest BCUT2D eigenvalue weighted by molar-refractivity contribution is -0.141. The van der Waals surface area contributed by atoms with Gasteiger partial charge in [0.2, 0.25) is 5.91 Å². The molecule has 134 valence electrons. The van der Waals surface area contributed by atoms with E-state index in [-0.39, 0.29) is 17.9 Å². The second kappa shape index (κ2) is 7.66. The van der Waals surface area contributed by atoms with Crippen LogP contribution in [0.3, 0.4) is 0 Å². The fourth-order valence-electron chi connectivity index (χ4n) is 3.25. The van der Waals surface area contributed by atoms with Gasteiger partial charge in [0, 0.05) is 22.4 Å². The second-order valence-corrected chi connectivity index (χ2v) is 7.79. The maximum Gasteiger partial charge on any atom is 0.306 e. The van der Waals surface area contributed by atoms with Crippen LogP contribution in [0.2, 0.25) is 5.02 Å². The number of carbonyl (C=O) groups is 3. The van der Waals surface area contributed by atoms with E-state index in [9.17, 15) is 14.4 Å². The topological polar surface area (TPSA) is 86.7 Å². The summed E-state index contributed by atoms with van der Waals surface area (Å²) in [5.41, 5.74) is 0.497. The third-order valence-electron chi connectivity index (χ3n) is 4.67. The number of carbonyl (C=O) groups excluding carboxylic acids is 2. The van der Waals surface area contributed by atoms with Crippen LogP contribution < -0.4 is 5.32 Å². The van der Waals surface area contributed by atoms with Crippen LogP contribution in [0.25, 0.3) is 0 Å². The number of hydrogen-bond acceptors (Lipinski definition) is 4. The summed E-state index contributed by atoms with van der Waals surface area (Å²) in [6, 6.07) is 5.94. The van der Waals surface area contributed by atoms with E-state index in [2.05, 4.69) is 5.32 Å².